The van der Waals surface area contributed by atoms with Crippen molar-refractivity contribution in [1.82, 2.24) is 5.32 Å². The second kappa shape index (κ2) is 10.5. The number of nitrogens with two attached hydrogens (primary N) is 1. The highest BCUT2D eigenvalue weighted by Gasteiger charge is 2.04. The maximum atomic E-state index is 11.6. The summed E-state index contributed by atoms with van der Waals surface area (Å²) in [6.07, 6.45) is 1.25. The van der Waals surface area contributed by atoms with Gasteiger partial charge in [-0.15, -0.1) is 12.4 Å². The second-order valence-electron chi connectivity index (χ2n) is 4.72. The van der Waals surface area contributed by atoms with Crippen LogP contribution in [0.25, 0.3) is 0 Å². The van der Waals surface area contributed by atoms with Crippen LogP contribution >= 0.6 is 12.4 Å². The predicted octanol–water partition coefficient (Wildman–Crippen LogP) is 2.15. The minimum Gasteiger partial charge on any atom is -0.494 e. The first kappa shape index (κ1) is 18.7. The molecule has 1 rings (SSSR count). The van der Waals surface area contributed by atoms with Gasteiger partial charge in [-0.1, -0.05) is 19.1 Å². The monoisotopic (exact) mass is 300 g/mol. The minimum atomic E-state index is 0. The number of halogens is 1. The summed E-state index contributed by atoms with van der Waals surface area (Å²) in [7, 11) is 0. The van der Waals surface area contributed by atoms with Gasteiger partial charge in [-0.05, 0) is 43.5 Å². The number of carbonyl (C=O) groups excluding carboxylic acids is 1. The van der Waals surface area contributed by atoms with Crippen LogP contribution in [0.15, 0.2) is 24.3 Å². The van der Waals surface area contributed by atoms with E-state index in [0.29, 0.717) is 32.0 Å². The lowest BCUT2D eigenvalue weighted by Crippen LogP contribution is -2.31. The van der Waals surface area contributed by atoms with Gasteiger partial charge in [0.2, 0.25) is 5.91 Å². The zero-order valence-electron chi connectivity index (χ0n) is 12.2. The molecule has 0 saturated heterocycles. The molecule has 0 spiro atoms. The second-order valence-corrected chi connectivity index (χ2v) is 4.72. The Morgan fingerprint density at radius 1 is 1.35 bits per heavy atom. The maximum absolute atomic E-state index is 11.6. The number of nitrogens with one attached hydrogen (secondary N) is 1. The summed E-state index contributed by atoms with van der Waals surface area (Å²) in [4.78, 5) is 11.6. The van der Waals surface area contributed by atoms with Gasteiger partial charge in [0, 0.05) is 13.0 Å². The lowest BCUT2D eigenvalue weighted by molar-refractivity contribution is -0.121. The van der Waals surface area contributed by atoms with Crippen molar-refractivity contribution in [3.8, 4) is 5.75 Å². The molecule has 0 aliphatic rings. The number of carbonyl (C=O) groups is 1. The van der Waals surface area contributed by atoms with Gasteiger partial charge < -0.3 is 15.8 Å². The molecule has 0 aliphatic heterocycles. The Morgan fingerprint density at radius 2 is 2.00 bits per heavy atom. The van der Waals surface area contributed by atoms with Crippen LogP contribution in [0.5, 0.6) is 5.75 Å². The van der Waals surface area contributed by atoms with E-state index < -0.39 is 0 Å². The Morgan fingerprint density at radius 3 is 2.55 bits per heavy atom. The zero-order chi connectivity index (χ0) is 14.1. The quantitative estimate of drug-likeness (QED) is 0.773. The third-order valence-corrected chi connectivity index (χ3v) is 2.93. The highest BCUT2D eigenvalue weighted by atomic mass is 35.5. The molecule has 1 aromatic rings. The van der Waals surface area contributed by atoms with Gasteiger partial charge in [0.05, 0.1) is 6.61 Å². The molecule has 0 saturated carbocycles. The van der Waals surface area contributed by atoms with Crippen molar-refractivity contribution in [2.75, 3.05) is 19.7 Å². The van der Waals surface area contributed by atoms with Gasteiger partial charge in [-0.25, -0.2) is 0 Å². The van der Waals surface area contributed by atoms with Crippen molar-refractivity contribution < 1.29 is 9.53 Å². The van der Waals surface area contributed by atoms with E-state index in [9.17, 15) is 4.79 Å². The molecule has 4 nitrogen and oxygen atoms in total. The molecule has 0 bridgehead atoms. The van der Waals surface area contributed by atoms with Gasteiger partial charge >= 0.3 is 0 Å². The summed E-state index contributed by atoms with van der Waals surface area (Å²) >= 11 is 0. The zero-order valence-corrected chi connectivity index (χ0v) is 13.0. The topological polar surface area (TPSA) is 64.3 Å². The molecule has 1 atom stereocenters. The Kier molecular flexibility index (Phi) is 9.86. The smallest absolute Gasteiger partial charge is 0.220 e. The largest absolute Gasteiger partial charge is 0.494 e. The highest BCUT2D eigenvalue weighted by molar-refractivity contribution is 5.85. The van der Waals surface area contributed by atoms with E-state index in [1.165, 1.54) is 0 Å². The van der Waals surface area contributed by atoms with Gasteiger partial charge in [0.15, 0.2) is 0 Å². The highest BCUT2D eigenvalue weighted by Crippen LogP contribution is 2.13. The first-order chi connectivity index (χ1) is 9.15. The van der Waals surface area contributed by atoms with Crippen LogP contribution in [0.2, 0.25) is 0 Å². The van der Waals surface area contributed by atoms with E-state index in [2.05, 4.69) is 5.32 Å². The van der Waals surface area contributed by atoms with Crippen molar-refractivity contribution in [3.05, 3.63) is 29.8 Å². The average molecular weight is 301 g/mol. The standard InChI is InChI=1S/C15H24N2O2.ClH/c1-3-19-14-7-4-13(5-8-14)6-9-15(18)17-11-12(2)10-16;/h4-5,7-8,12H,3,6,9-11,16H2,1-2H3,(H,17,18);1H. The summed E-state index contributed by atoms with van der Waals surface area (Å²) < 4.78 is 5.37. The normalized spacial score (nSPS) is 11.3. The maximum Gasteiger partial charge on any atom is 0.220 e. The van der Waals surface area contributed by atoms with Gasteiger partial charge in [-0.2, -0.15) is 0 Å². The van der Waals surface area contributed by atoms with E-state index in [1.54, 1.807) is 0 Å². The van der Waals surface area contributed by atoms with Crippen LogP contribution in [0.4, 0.5) is 0 Å². The molecule has 3 N–H and O–H groups in total. The fourth-order valence-electron chi connectivity index (χ4n) is 1.64. The lowest BCUT2D eigenvalue weighted by atomic mass is 10.1. The summed E-state index contributed by atoms with van der Waals surface area (Å²) in [5.41, 5.74) is 6.64. The predicted molar refractivity (Wildman–Crippen MR) is 84.4 cm³/mol. The van der Waals surface area contributed by atoms with Crippen molar-refractivity contribution in [2.24, 2.45) is 11.7 Å². The third kappa shape index (κ3) is 7.36. The Labute approximate surface area is 127 Å². The molecule has 0 fully saturated rings. The van der Waals surface area contributed by atoms with Crippen LogP contribution < -0.4 is 15.8 Å². The first-order valence-corrected chi connectivity index (χ1v) is 6.84. The Balaban J connectivity index is 0.00000361. The Bertz CT molecular complexity index is 382. The molecule has 114 valence electrons. The van der Waals surface area contributed by atoms with Crippen molar-refractivity contribution in [1.29, 1.82) is 0 Å². The van der Waals surface area contributed by atoms with Crippen molar-refractivity contribution in [2.45, 2.75) is 26.7 Å². The average Bonchev–Trinajstić information content (AvgIpc) is 2.44. The van der Waals surface area contributed by atoms with Crippen molar-refractivity contribution >= 4 is 18.3 Å². The van der Waals surface area contributed by atoms with Crippen molar-refractivity contribution in [3.63, 3.8) is 0 Å². The molecule has 0 aromatic heterocycles. The summed E-state index contributed by atoms with van der Waals surface area (Å²) in [5, 5.41) is 2.89. The van der Waals surface area contributed by atoms with E-state index >= 15 is 0 Å². The Hall–Kier alpha value is -1.26. The number of amides is 1. The fourth-order valence-corrected chi connectivity index (χ4v) is 1.64. The van der Waals surface area contributed by atoms with E-state index in [4.69, 9.17) is 10.5 Å². The summed E-state index contributed by atoms with van der Waals surface area (Å²) in [5.74, 6) is 1.27. The summed E-state index contributed by atoms with van der Waals surface area (Å²) in [6, 6.07) is 7.88. The van der Waals surface area contributed by atoms with Crippen LogP contribution in [-0.2, 0) is 11.2 Å². The number of benzene rings is 1. The van der Waals surface area contributed by atoms with Gasteiger partial charge in [0.1, 0.15) is 5.75 Å². The molecule has 1 unspecified atom stereocenters. The number of aryl methyl sites for hydroxylation is 1. The van der Waals surface area contributed by atoms with Gasteiger partial charge in [0.25, 0.3) is 0 Å². The number of hydrogen-bond donors (Lipinski definition) is 2. The third-order valence-electron chi connectivity index (χ3n) is 2.93. The van der Waals surface area contributed by atoms with Crippen LogP contribution in [0, 0.1) is 5.92 Å². The molecule has 0 heterocycles. The van der Waals surface area contributed by atoms with Crippen LogP contribution in [0.1, 0.15) is 25.8 Å². The van der Waals surface area contributed by atoms with Gasteiger partial charge in [-0.3, -0.25) is 4.79 Å². The minimum absolute atomic E-state index is 0. The summed E-state index contributed by atoms with van der Waals surface area (Å²) in [6.45, 7) is 5.90. The molecular weight excluding hydrogens is 276 g/mol. The SMILES string of the molecule is CCOc1ccc(CCC(=O)NCC(C)CN)cc1.Cl. The fraction of sp³-hybridized carbons (Fsp3) is 0.533. The van der Waals surface area contributed by atoms with E-state index in [1.807, 2.05) is 38.1 Å². The molecule has 1 aromatic carbocycles. The number of rotatable bonds is 8. The number of hydrogen-bond acceptors (Lipinski definition) is 3. The van der Waals surface area contributed by atoms with E-state index in [0.717, 1.165) is 17.7 Å². The molecule has 0 radical (unpaired) electrons. The van der Waals surface area contributed by atoms with Crippen LogP contribution in [-0.4, -0.2) is 25.6 Å². The van der Waals surface area contributed by atoms with E-state index in [-0.39, 0.29) is 18.3 Å². The number of ether oxygens (including phenoxy) is 1. The molecule has 5 heteroatoms. The molecular formula is C15H25ClN2O2. The first-order valence-electron chi connectivity index (χ1n) is 6.84. The lowest BCUT2D eigenvalue weighted by Gasteiger charge is -2.10. The molecule has 1 amide bonds. The molecule has 0 aliphatic carbocycles. The molecule has 20 heavy (non-hydrogen) atoms. The van der Waals surface area contributed by atoms with Crippen LogP contribution in [0.3, 0.4) is 0 Å².